The number of fused-ring (bicyclic) bond motifs is 1. The van der Waals surface area contributed by atoms with Crippen LogP contribution in [0.4, 0.5) is 5.82 Å². The summed E-state index contributed by atoms with van der Waals surface area (Å²) in [6.07, 6.45) is 8.03. The minimum atomic E-state index is 0.429. The van der Waals surface area contributed by atoms with Crippen molar-refractivity contribution in [3.8, 4) is 6.07 Å². The molecule has 0 spiro atoms. The molecular weight excluding hydrogens is 324 g/mol. The van der Waals surface area contributed by atoms with E-state index in [1.807, 2.05) is 12.1 Å². The highest BCUT2D eigenvalue weighted by Gasteiger charge is 2.24. The van der Waals surface area contributed by atoms with E-state index in [9.17, 15) is 0 Å². The Bertz CT molecular complexity index is 784. The maximum absolute atomic E-state index is 8.96. The predicted octanol–water partition coefficient (Wildman–Crippen LogP) is 3.30. The molecule has 2 aromatic rings. The van der Waals surface area contributed by atoms with Crippen LogP contribution in [0.3, 0.4) is 0 Å². The van der Waals surface area contributed by atoms with Gasteiger partial charge in [-0.2, -0.15) is 10.4 Å². The summed E-state index contributed by atoms with van der Waals surface area (Å²) in [5, 5.41) is 17.0. The molecule has 1 saturated carbocycles. The molecule has 26 heavy (non-hydrogen) atoms. The first kappa shape index (κ1) is 17.0. The maximum atomic E-state index is 8.96. The number of anilines is 1. The van der Waals surface area contributed by atoms with Gasteiger partial charge in [-0.05, 0) is 37.5 Å². The third-order valence-corrected chi connectivity index (χ3v) is 5.50. The van der Waals surface area contributed by atoms with E-state index in [1.165, 1.54) is 50.8 Å². The summed E-state index contributed by atoms with van der Waals surface area (Å²) in [5.41, 5.74) is 2.79. The molecule has 1 fully saturated rings. The monoisotopic (exact) mass is 350 g/mol. The van der Waals surface area contributed by atoms with Crippen LogP contribution in [0.25, 0.3) is 0 Å². The van der Waals surface area contributed by atoms with Gasteiger partial charge in [0.1, 0.15) is 17.6 Å². The van der Waals surface area contributed by atoms with E-state index in [0.29, 0.717) is 12.2 Å². The smallest absolute Gasteiger partial charge is 0.142 e. The molecule has 1 aliphatic heterocycles. The molecule has 1 N–H and O–H groups in total. The zero-order valence-electron chi connectivity index (χ0n) is 15.2. The Balaban J connectivity index is 1.42. The van der Waals surface area contributed by atoms with Crippen molar-refractivity contribution < 1.29 is 0 Å². The number of nitrogens with one attached hydrogen (secondary N) is 1. The number of pyridine rings is 1. The lowest BCUT2D eigenvalue weighted by Crippen LogP contribution is -2.36. The molecule has 1 aliphatic carbocycles. The Labute approximate surface area is 154 Å². The second-order valence-electron chi connectivity index (χ2n) is 7.34. The largest absolute Gasteiger partial charge is 0.364 e. The van der Waals surface area contributed by atoms with E-state index in [1.54, 1.807) is 6.07 Å². The first-order valence-electron chi connectivity index (χ1n) is 9.72. The number of nitrogens with zero attached hydrogens (tertiary/aromatic N) is 5. The van der Waals surface area contributed by atoms with Gasteiger partial charge in [0.15, 0.2) is 0 Å². The van der Waals surface area contributed by atoms with Crippen molar-refractivity contribution in [2.75, 3.05) is 11.9 Å². The van der Waals surface area contributed by atoms with Gasteiger partial charge >= 0.3 is 0 Å². The fourth-order valence-electron chi connectivity index (χ4n) is 4.17. The summed E-state index contributed by atoms with van der Waals surface area (Å²) < 4.78 is 2.18. The summed E-state index contributed by atoms with van der Waals surface area (Å²) in [6, 6.07) is 10.5. The molecule has 0 saturated heterocycles. The zero-order chi connectivity index (χ0) is 17.8. The van der Waals surface area contributed by atoms with Gasteiger partial charge in [-0.15, -0.1) is 0 Å². The lowest BCUT2D eigenvalue weighted by Gasteiger charge is -2.33. The molecule has 0 amide bonds. The molecule has 6 heteroatoms. The summed E-state index contributed by atoms with van der Waals surface area (Å²) >= 11 is 0. The maximum Gasteiger partial charge on any atom is 0.142 e. The van der Waals surface area contributed by atoms with Crippen molar-refractivity contribution in [1.82, 2.24) is 19.7 Å². The Hall–Kier alpha value is -2.39. The van der Waals surface area contributed by atoms with Gasteiger partial charge < -0.3 is 5.32 Å². The molecule has 0 bridgehead atoms. The Morgan fingerprint density at radius 2 is 2.04 bits per heavy atom. The van der Waals surface area contributed by atoms with Crippen molar-refractivity contribution in [1.29, 1.82) is 5.26 Å². The number of hydrogen-bond acceptors (Lipinski definition) is 5. The van der Waals surface area contributed by atoms with Crippen molar-refractivity contribution >= 4 is 5.82 Å². The quantitative estimate of drug-likeness (QED) is 0.916. The summed E-state index contributed by atoms with van der Waals surface area (Å²) in [4.78, 5) is 6.94. The molecule has 136 valence electrons. The number of nitriles is 1. The first-order valence-corrected chi connectivity index (χ1v) is 9.72. The van der Waals surface area contributed by atoms with Gasteiger partial charge in [0, 0.05) is 25.7 Å². The fraction of sp³-hybridized carbons (Fsp3) is 0.550. The number of aromatic nitrogens is 3. The van der Waals surface area contributed by atoms with Crippen molar-refractivity contribution in [3.05, 3.63) is 41.3 Å². The molecule has 2 aliphatic rings. The van der Waals surface area contributed by atoms with Crippen LogP contribution >= 0.6 is 0 Å². The van der Waals surface area contributed by atoms with Crippen LogP contribution < -0.4 is 5.32 Å². The van der Waals surface area contributed by atoms with E-state index < -0.39 is 0 Å². The third kappa shape index (κ3) is 3.88. The third-order valence-electron chi connectivity index (χ3n) is 5.50. The highest BCUT2D eigenvalue weighted by Crippen LogP contribution is 2.26. The van der Waals surface area contributed by atoms with Crippen molar-refractivity contribution in [2.45, 2.75) is 64.2 Å². The van der Waals surface area contributed by atoms with Gasteiger partial charge in [-0.3, -0.25) is 9.58 Å². The van der Waals surface area contributed by atoms with Gasteiger partial charge in [0.2, 0.25) is 0 Å². The van der Waals surface area contributed by atoms with Gasteiger partial charge in [-0.25, -0.2) is 4.98 Å². The van der Waals surface area contributed by atoms with Gasteiger partial charge in [-0.1, -0.05) is 25.3 Å². The number of hydrogen-bond donors (Lipinski definition) is 1. The van der Waals surface area contributed by atoms with Crippen LogP contribution in [0.1, 0.15) is 55.6 Å². The number of rotatable bonds is 4. The van der Waals surface area contributed by atoms with Crippen LogP contribution in [-0.4, -0.2) is 32.3 Å². The molecule has 3 heterocycles. The topological polar surface area (TPSA) is 69.8 Å². The van der Waals surface area contributed by atoms with Crippen LogP contribution in [0.15, 0.2) is 24.3 Å². The second-order valence-corrected chi connectivity index (χ2v) is 7.34. The molecule has 0 aromatic carbocycles. The van der Waals surface area contributed by atoms with E-state index in [2.05, 4.69) is 32.0 Å². The molecule has 6 nitrogen and oxygen atoms in total. The molecule has 0 unspecified atom stereocenters. The fourth-order valence-corrected chi connectivity index (χ4v) is 4.17. The number of aryl methyl sites for hydroxylation is 1. The molecule has 0 atom stereocenters. The van der Waals surface area contributed by atoms with Crippen molar-refractivity contribution in [2.24, 2.45) is 0 Å². The zero-order valence-corrected chi connectivity index (χ0v) is 15.2. The minimum absolute atomic E-state index is 0.429. The lowest BCUT2D eigenvalue weighted by molar-refractivity contribution is 0.150. The average Bonchev–Trinajstić information content (AvgIpc) is 2.97. The van der Waals surface area contributed by atoms with E-state index >= 15 is 0 Å². The summed E-state index contributed by atoms with van der Waals surface area (Å²) in [6.45, 7) is 3.83. The minimum Gasteiger partial charge on any atom is -0.364 e. The normalized spacial score (nSPS) is 18.7. The van der Waals surface area contributed by atoms with Crippen LogP contribution in [0, 0.1) is 11.3 Å². The summed E-state index contributed by atoms with van der Waals surface area (Å²) in [5.74, 6) is 0.719. The Morgan fingerprint density at radius 3 is 2.88 bits per heavy atom. The molecule has 2 aromatic heterocycles. The SMILES string of the molecule is N#Cc1cccc(NCc2cc3n(n2)CCCN(C2CCCCC2)C3)n1. The van der Waals surface area contributed by atoms with Crippen LogP contribution in [0.5, 0.6) is 0 Å². The first-order chi connectivity index (χ1) is 12.8. The molecule has 4 rings (SSSR count). The summed E-state index contributed by atoms with van der Waals surface area (Å²) in [7, 11) is 0. The Kier molecular flexibility index (Phi) is 5.16. The molecule has 0 radical (unpaired) electrons. The highest BCUT2D eigenvalue weighted by molar-refractivity contribution is 5.38. The van der Waals surface area contributed by atoms with Crippen LogP contribution in [-0.2, 0) is 19.6 Å². The van der Waals surface area contributed by atoms with E-state index in [4.69, 9.17) is 10.4 Å². The van der Waals surface area contributed by atoms with Crippen LogP contribution in [0.2, 0.25) is 0 Å². The van der Waals surface area contributed by atoms with Gasteiger partial charge in [0.25, 0.3) is 0 Å². The average molecular weight is 350 g/mol. The van der Waals surface area contributed by atoms with Gasteiger partial charge in [0.05, 0.1) is 17.9 Å². The van der Waals surface area contributed by atoms with Crippen molar-refractivity contribution in [3.63, 3.8) is 0 Å². The highest BCUT2D eigenvalue weighted by atomic mass is 15.3. The lowest BCUT2D eigenvalue weighted by atomic mass is 9.94. The molecular formula is C20H26N6. The predicted molar refractivity (Wildman–Crippen MR) is 100 cm³/mol. The van der Waals surface area contributed by atoms with E-state index in [-0.39, 0.29) is 0 Å². The Morgan fingerprint density at radius 1 is 1.15 bits per heavy atom. The van der Waals surface area contributed by atoms with E-state index in [0.717, 1.165) is 30.6 Å². The standard InChI is InChI=1S/C20H26N6/c21-13-16-6-4-9-20(23-16)22-14-17-12-19-15-25(10-5-11-26(19)24-17)18-7-2-1-3-8-18/h4,6,9,12,18H,1-3,5,7-8,10-11,14-15H2,(H,22,23). The second kappa shape index (κ2) is 7.88.